The zero-order valence-corrected chi connectivity index (χ0v) is 17.6. The van der Waals surface area contributed by atoms with Crippen LogP contribution in [0.25, 0.3) is 6.08 Å². The van der Waals surface area contributed by atoms with Crippen molar-refractivity contribution in [2.75, 3.05) is 16.0 Å². The maximum Gasteiger partial charge on any atom is 0.233 e. The zero-order valence-electron chi connectivity index (χ0n) is 17.6. The maximum absolute atomic E-state index is 8.97. The fraction of sp³-hybridized carbons (Fsp3) is 0.217. The molecule has 0 amide bonds. The number of hydrogen-bond acceptors (Lipinski definition) is 7. The van der Waals surface area contributed by atoms with Crippen LogP contribution in [0.4, 0.5) is 29.2 Å². The van der Waals surface area contributed by atoms with Crippen molar-refractivity contribution in [3.63, 3.8) is 0 Å². The molecule has 3 aromatic rings. The van der Waals surface area contributed by atoms with E-state index in [-0.39, 0.29) is 6.04 Å². The normalized spacial score (nSPS) is 10.4. The summed E-state index contributed by atoms with van der Waals surface area (Å²) in [6.07, 6.45) is 1.83. The molecule has 0 bridgehead atoms. The second-order valence-corrected chi connectivity index (χ2v) is 7.28. The third-order valence-corrected chi connectivity index (χ3v) is 4.35. The summed E-state index contributed by atoms with van der Waals surface area (Å²) < 4.78 is 0. The number of nitrogens with one attached hydrogen (secondary N) is 3. The van der Waals surface area contributed by atoms with Crippen LogP contribution in [-0.4, -0.2) is 21.0 Å². The molecule has 3 N–H and O–H groups in total. The van der Waals surface area contributed by atoms with Crippen LogP contribution in [0.15, 0.2) is 43.0 Å². The Bertz CT molecular complexity index is 1070. The summed E-state index contributed by atoms with van der Waals surface area (Å²) in [5.41, 5.74) is 5.54. The molecule has 3 rings (SSSR count). The van der Waals surface area contributed by atoms with Crippen molar-refractivity contribution < 1.29 is 0 Å². The number of nitrogens with zero attached hydrogens (tertiary/aromatic N) is 4. The van der Waals surface area contributed by atoms with Crippen LogP contribution < -0.4 is 16.0 Å². The van der Waals surface area contributed by atoms with Crippen molar-refractivity contribution in [3.05, 3.63) is 65.2 Å². The van der Waals surface area contributed by atoms with Gasteiger partial charge in [-0.1, -0.05) is 12.7 Å². The molecule has 0 atom stereocenters. The number of benzene rings is 2. The van der Waals surface area contributed by atoms with E-state index in [0.717, 1.165) is 28.1 Å². The average molecular weight is 400 g/mol. The first-order valence-electron chi connectivity index (χ1n) is 9.68. The molecule has 0 radical (unpaired) electrons. The Morgan fingerprint density at radius 3 is 2.03 bits per heavy atom. The van der Waals surface area contributed by atoms with Crippen molar-refractivity contribution in [2.24, 2.45) is 0 Å². The predicted molar refractivity (Wildman–Crippen MR) is 122 cm³/mol. The molecule has 0 saturated carbocycles. The average Bonchev–Trinajstić information content (AvgIpc) is 2.70. The van der Waals surface area contributed by atoms with Gasteiger partial charge in [-0.25, -0.2) is 0 Å². The lowest BCUT2D eigenvalue weighted by Crippen LogP contribution is -2.15. The molecule has 30 heavy (non-hydrogen) atoms. The predicted octanol–water partition coefficient (Wildman–Crippen LogP) is 5.31. The highest BCUT2D eigenvalue weighted by molar-refractivity contribution is 5.68. The first kappa shape index (κ1) is 20.8. The number of hydrogen-bond donors (Lipinski definition) is 3. The van der Waals surface area contributed by atoms with E-state index in [1.165, 1.54) is 0 Å². The van der Waals surface area contributed by atoms with Crippen LogP contribution in [0.3, 0.4) is 0 Å². The van der Waals surface area contributed by atoms with Gasteiger partial charge in [0.05, 0.1) is 11.6 Å². The highest BCUT2D eigenvalue weighted by Gasteiger charge is 2.11. The first-order chi connectivity index (χ1) is 14.4. The molecule has 0 fully saturated rings. The summed E-state index contributed by atoms with van der Waals surface area (Å²) in [5, 5.41) is 18.7. The Hall–Kier alpha value is -3.92. The van der Waals surface area contributed by atoms with Crippen LogP contribution in [-0.2, 0) is 0 Å². The van der Waals surface area contributed by atoms with Gasteiger partial charge in [0.2, 0.25) is 17.8 Å². The Morgan fingerprint density at radius 1 is 0.933 bits per heavy atom. The van der Waals surface area contributed by atoms with Crippen molar-refractivity contribution >= 4 is 35.3 Å². The van der Waals surface area contributed by atoms with E-state index >= 15 is 0 Å². The van der Waals surface area contributed by atoms with E-state index in [0.29, 0.717) is 23.4 Å². The Labute approximate surface area is 176 Å². The molecule has 0 aliphatic rings. The van der Waals surface area contributed by atoms with Crippen molar-refractivity contribution in [1.82, 2.24) is 15.0 Å². The lowest BCUT2D eigenvalue weighted by Gasteiger charge is -2.15. The topological polar surface area (TPSA) is 98.5 Å². The van der Waals surface area contributed by atoms with E-state index in [1.807, 2.05) is 45.9 Å². The van der Waals surface area contributed by atoms with Gasteiger partial charge in [-0.15, -0.1) is 0 Å². The molecule has 152 valence electrons. The Morgan fingerprint density at radius 2 is 1.50 bits per heavy atom. The molecular formula is C23H25N7. The smallest absolute Gasteiger partial charge is 0.233 e. The lowest BCUT2D eigenvalue weighted by molar-refractivity contribution is 0.869. The van der Waals surface area contributed by atoms with E-state index in [1.54, 1.807) is 12.1 Å². The summed E-state index contributed by atoms with van der Waals surface area (Å²) in [6.45, 7) is 12.0. The van der Waals surface area contributed by atoms with Gasteiger partial charge in [0.25, 0.3) is 0 Å². The Kier molecular flexibility index (Phi) is 6.28. The molecule has 1 aromatic heterocycles. The number of rotatable bonds is 7. The largest absolute Gasteiger partial charge is 0.352 e. The summed E-state index contributed by atoms with van der Waals surface area (Å²) in [6, 6.07) is 13.5. The number of aryl methyl sites for hydroxylation is 2. The minimum atomic E-state index is 0.165. The maximum atomic E-state index is 8.97. The van der Waals surface area contributed by atoms with Crippen molar-refractivity contribution in [2.45, 2.75) is 33.7 Å². The fourth-order valence-electron chi connectivity index (χ4n) is 2.99. The number of anilines is 5. The molecule has 0 unspecified atom stereocenters. The molecule has 7 heteroatoms. The highest BCUT2D eigenvalue weighted by Crippen LogP contribution is 2.26. The summed E-state index contributed by atoms with van der Waals surface area (Å²) in [4.78, 5) is 13.5. The second-order valence-electron chi connectivity index (χ2n) is 7.28. The zero-order chi connectivity index (χ0) is 21.7. The number of aromatic nitrogens is 3. The molecule has 0 aliphatic carbocycles. The van der Waals surface area contributed by atoms with Crippen molar-refractivity contribution in [1.29, 1.82) is 5.26 Å². The third kappa shape index (κ3) is 5.11. The van der Waals surface area contributed by atoms with E-state index < -0.39 is 0 Å². The van der Waals surface area contributed by atoms with Crippen LogP contribution in [0.5, 0.6) is 0 Å². The monoisotopic (exact) mass is 399 g/mol. The van der Waals surface area contributed by atoms with Gasteiger partial charge < -0.3 is 16.0 Å². The minimum Gasteiger partial charge on any atom is -0.352 e. The van der Waals surface area contributed by atoms with E-state index in [2.05, 4.69) is 55.7 Å². The SMILES string of the molecule is C=Cc1cc(C)c(Nc2nc(Nc3ccc(C#N)cc3)nc(NC(C)C)n2)c(C)c1. The first-order valence-corrected chi connectivity index (χ1v) is 9.68. The summed E-state index contributed by atoms with van der Waals surface area (Å²) in [7, 11) is 0. The van der Waals surface area contributed by atoms with Gasteiger partial charge >= 0.3 is 0 Å². The molecule has 7 nitrogen and oxygen atoms in total. The van der Waals surface area contributed by atoms with Crippen molar-refractivity contribution in [3.8, 4) is 6.07 Å². The van der Waals surface area contributed by atoms with E-state index in [9.17, 15) is 0 Å². The van der Waals surface area contributed by atoms with Crippen LogP contribution in [0, 0.1) is 25.2 Å². The van der Waals surface area contributed by atoms with Gasteiger partial charge in [0.15, 0.2) is 0 Å². The summed E-state index contributed by atoms with van der Waals surface area (Å²) >= 11 is 0. The third-order valence-electron chi connectivity index (χ3n) is 4.35. The van der Waals surface area contributed by atoms with Gasteiger partial charge in [0.1, 0.15) is 0 Å². The molecular weight excluding hydrogens is 374 g/mol. The van der Waals surface area contributed by atoms with E-state index in [4.69, 9.17) is 5.26 Å². The molecule has 0 spiro atoms. The van der Waals surface area contributed by atoms with Crippen LogP contribution in [0.2, 0.25) is 0 Å². The fourth-order valence-corrected chi connectivity index (χ4v) is 2.99. The molecule has 0 aliphatic heterocycles. The molecule has 2 aromatic carbocycles. The Balaban J connectivity index is 1.94. The molecule has 1 heterocycles. The highest BCUT2D eigenvalue weighted by atomic mass is 15.3. The number of nitriles is 1. The minimum absolute atomic E-state index is 0.165. The van der Waals surface area contributed by atoms with Gasteiger partial charge in [0, 0.05) is 17.4 Å². The van der Waals surface area contributed by atoms with Crippen LogP contribution >= 0.6 is 0 Å². The van der Waals surface area contributed by atoms with Gasteiger partial charge in [-0.3, -0.25) is 0 Å². The quantitative estimate of drug-likeness (QED) is 0.495. The lowest BCUT2D eigenvalue weighted by atomic mass is 10.0. The molecule has 0 saturated heterocycles. The van der Waals surface area contributed by atoms with Gasteiger partial charge in [-0.2, -0.15) is 20.2 Å². The second kappa shape index (κ2) is 9.05. The standard InChI is InChI=1S/C23H25N7/c1-6-17-11-15(4)20(16(5)12-17)27-23-29-21(25-14(2)3)28-22(30-23)26-19-9-7-18(13-24)8-10-19/h6-12,14H,1H2,2-5H3,(H3,25,26,27,28,29,30). The van der Waals surface area contributed by atoms with Gasteiger partial charge in [-0.05, 0) is 80.8 Å². The summed E-state index contributed by atoms with van der Waals surface area (Å²) in [5.74, 6) is 1.30. The van der Waals surface area contributed by atoms with Crippen LogP contribution in [0.1, 0.15) is 36.1 Å².